The van der Waals surface area contributed by atoms with Gasteiger partial charge in [-0.3, -0.25) is 4.79 Å². The van der Waals surface area contributed by atoms with E-state index in [1.807, 2.05) is 0 Å². The normalized spacial score (nSPS) is 20.3. The SMILES string of the molecule is O=C(Cc1ccc(S(=O)(=O)N2CCCCC2)cc1)NC1CCCCC1. The van der Waals surface area contributed by atoms with Crippen LogP contribution in [0.3, 0.4) is 0 Å². The molecule has 2 aliphatic rings. The Hall–Kier alpha value is -1.40. The fourth-order valence-corrected chi connectivity index (χ4v) is 5.26. The molecule has 2 fully saturated rings. The minimum atomic E-state index is -3.40. The van der Waals surface area contributed by atoms with Gasteiger partial charge in [0.25, 0.3) is 0 Å². The quantitative estimate of drug-likeness (QED) is 0.874. The summed E-state index contributed by atoms with van der Waals surface area (Å²) in [6, 6.07) is 7.09. The van der Waals surface area contributed by atoms with Gasteiger partial charge in [-0.2, -0.15) is 4.31 Å². The molecule has 0 spiro atoms. The van der Waals surface area contributed by atoms with Gasteiger partial charge in [-0.15, -0.1) is 0 Å². The Kier molecular flexibility index (Phi) is 6.12. The van der Waals surface area contributed by atoms with Crippen LogP contribution in [0, 0.1) is 0 Å². The second kappa shape index (κ2) is 8.32. The summed E-state index contributed by atoms with van der Waals surface area (Å²) in [4.78, 5) is 12.5. The first-order valence-corrected chi connectivity index (χ1v) is 10.9. The van der Waals surface area contributed by atoms with Crippen LogP contribution in [-0.4, -0.2) is 37.8 Å². The third-order valence-electron chi connectivity index (χ3n) is 5.21. The number of hydrogen-bond acceptors (Lipinski definition) is 3. The molecule has 138 valence electrons. The number of rotatable bonds is 5. The maximum atomic E-state index is 12.6. The highest BCUT2D eigenvalue weighted by molar-refractivity contribution is 7.89. The molecular weight excluding hydrogens is 336 g/mol. The highest BCUT2D eigenvalue weighted by Crippen LogP contribution is 2.21. The Morgan fingerprint density at radius 1 is 0.960 bits per heavy atom. The lowest BCUT2D eigenvalue weighted by atomic mass is 9.95. The Labute approximate surface area is 150 Å². The molecule has 6 heteroatoms. The van der Waals surface area contributed by atoms with E-state index in [0.717, 1.165) is 37.7 Å². The van der Waals surface area contributed by atoms with Gasteiger partial charge in [0.2, 0.25) is 15.9 Å². The molecule has 0 bridgehead atoms. The number of amides is 1. The Balaban J connectivity index is 1.58. The molecule has 1 saturated heterocycles. The number of piperidine rings is 1. The number of nitrogens with zero attached hydrogens (tertiary/aromatic N) is 1. The number of hydrogen-bond donors (Lipinski definition) is 1. The van der Waals surface area contributed by atoms with E-state index in [1.165, 1.54) is 19.3 Å². The summed E-state index contributed by atoms with van der Waals surface area (Å²) in [5.41, 5.74) is 0.853. The number of carbonyl (C=O) groups excluding carboxylic acids is 1. The highest BCUT2D eigenvalue weighted by Gasteiger charge is 2.25. The maximum Gasteiger partial charge on any atom is 0.243 e. The molecule has 3 rings (SSSR count). The van der Waals surface area contributed by atoms with Crippen molar-refractivity contribution < 1.29 is 13.2 Å². The molecule has 1 aromatic carbocycles. The van der Waals surface area contributed by atoms with E-state index in [1.54, 1.807) is 28.6 Å². The van der Waals surface area contributed by atoms with Crippen LogP contribution in [-0.2, 0) is 21.2 Å². The maximum absolute atomic E-state index is 12.6. The van der Waals surface area contributed by atoms with Crippen LogP contribution in [0.2, 0.25) is 0 Å². The Morgan fingerprint density at radius 3 is 2.20 bits per heavy atom. The first kappa shape index (κ1) is 18.4. The Morgan fingerprint density at radius 2 is 1.56 bits per heavy atom. The summed E-state index contributed by atoms with van der Waals surface area (Å²) in [6.07, 6.45) is 9.04. The second-order valence-corrected chi connectivity index (χ2v) is 9.13. The lowest BCUT2D eigenvalue weighted by molar-refractivity contribution is -0.121. The predicted octanol–water partition coefficient (Wildman–Crippen LogP) is 2.85. The molecule has 0 aromatic heterocycles. The molecule has 0 atom stereocenters. The smallest absolute Gasteiger partial charge is 0.243 e. The van der Waals surface area contributed by atoms with E-state index >= 15 is 0 Å². The first-order valence-electron chi connectivity index (χ1n) is 9.44. The van der Waals surface area contributed by atoms with Crippen molar-refractivity contribution in [2.45, 2.75) is 68.7 Å². The van der Waals surface area contributed by atoms with Gasteiger partial charge >= 0.3 is 0 Å². The van der Waals surface area contributed by atoms with Crippen molar-refractivity contribution in [2.24, 2.45) is 0 Å². The molecule has 0 radical (unpaired) electrons. The van der Waals surface area contributed by atoms with Crippen LogP contribution in [0.25, 0.3) is 0 Å². The standard InChI is InChI=1S/C19H28N2O3S/c22-19(20-17-7-3-1-4-8-17)15-16-9-11-18(12-10-16)25(23,24)21-13-5-2-6-14-21/h9-12,17H,1-8,13-15H2,(H,20,22). The third-order valence-corrected chi connectivity index (χ3v) is 7.12. The summed E-state index contributed by atoms with van der Waals surface area (Å²) in [7, 11) is -3.40. The van der Waals surface area contributed by atoms with Crippen molar-refractivity contribution in [2.75, 3.05) is 13.1 Å². The van der Waals surface area contributed by atoms with Crippen LogP contribution in [0.1, 0.15) is 56.9 Å². The molecular formula is C19H28N2O3S. The van der Waals surface area contributed by atoms with Crippen molar-refractivity contribution in [1.82, 2.24) is 9.62 Å². The van der Waals surface area contributed by atoms with Crippen molar-refractivity contribution in [3.8, 4) is 0 Å². The molecule has 25 heavy (non-hydrogen) atoms. The monoisotopic (exact) mass is 364 g/mol. The van der Waals surface area contributed by atoms with Gasteiger partial charge < -0.3 is 5.32 Å². The summed E-state index contributed by atoms with van der Waals surface area (Å²) < 4.78 is 26.8. The van der Waals surface area contributed by atoms with Crippen molar-refractivity contribution in [1.29, 1.82) is 0 Å². The van der Waals surface area contributed by atoms with E-state index in [0.29, 0.717) is 30.4 Å². The van der Waals surface area contributed by atoms with E-state index in [2.05, 4.69) is 5.32 Å². The second-order valence-electron chi connectivity index (χ2n) is 7.19. The average Bonchev–Trinajstić information content (AvgIpc) is 2.63. The van der Waals surface area contributed by atoms with Gasteiger partial charge in [0.05, 0.1) is 11.3 Å². The number of carbonyl (C=O) groups is 1. The third kappa shape index (κ3) is 4.82. The molecule has 1 aliphatic carbocycles. The summed E-state index contributed by atoms with van der Waals surface area (Å²) >= 11 is 0. The lowest BCUT2D eigenvalue weighted by Gasteiger charge is -2.26. The average molecular weight is 365 g/mol. The number of sulfonamides is 1. The lowest BCUT2D eigenvalue weighted by Crippen LogP contribution is -2.37. The molecule has 5 nitrogen and oxygen atoms in total. The zero-order valence-corrected chi connectivity index (χ0v) is 15.6. The topological polar surface area (TPSA) is 66.5 Å². The van der Waals surface area contributed by atoms with Gasteiger partial charge in [0.1, 0.15) is 0 Å². The van der Waals surface area contributed by atoms with Crippen molar-refractivity contribution in [3.05, 3.63) is 29.8 Å². The minimum Gasteiger partial charge on any atom is -0.353 e. The van der Waals surface area contributed by atoms with Crippen LogP contribution >= 0.6 is 0 Å². The first-order chi connectivity index (χ1) is 12.1. The van der Waals surface area contributed by atoms with Crippen LogP contribution in [0.15, 0.2) is 29.2 Å². The summed E-state index contributed by atoms with van der Waals surface area (Å²) in [5, 5.41) is 3.10. The van der Waals surface area contributed by atoms with E-state index in [4.69, 9.17) is 0 Å². The van der Waals surface area contributed by atoms with E-state index in [9.17, 15) is 13.2 Å². The molecule has 1 amide bonds. The highest BCUT2D eigenvalue weighted by atomic mass is 32.2. The fraction of sp³-hybridized carbons (Fsp3) is 0.632. The Bertz CT molecular complexity index is 673. The van der Waals surface area contributed by atoms with E-state index < -0.39 is 10.0 Å². The van der Waals surface area contributed by atoms with Gasteiger partial charge in [0.15, 0.2) is 0 Å². The fourth-order valence-electron chi connectivity index (χ4n) is 3.74. The molecule has 1 aliphatic heterocycles. The molecule has 1 aromatic rings. The molecule has 0 unspecified atom stereocenters. The predicted molar refractivity (Wildman–Crippen MR) is 97.8 cm³/mol. The summed E-state index contributed by atoms with van der Waals surface area (Å²) in [5.74, 6) is 0.0264. The zero-order chi connectivity index (χ0) is 17.7. The van der Waals surface area contributed by atoms with Gasteiger partial charge in [-0.25, -0.2) is 8.42 Å². The van der Waals surface area contributed by atoms with Crippen LogP contribution in [0.4, 0.5) is 0 Å². The van der Waals surface area contributed by atoms with Gasteiger partial charge in [-0.1, -0.05) is 37.8 Å². The molecule has 1 N–H and O–H groups in total. The van der Waals surface area contributed by atoms with Gasteiger partial charge in [0, 0.05) is 19.1 Å². The van der Waals surface area contributed by atoms with Crippen LogP contribution in [0.5, 0.6) is 0 Å². The number of nitrogens with one attached hydrogen (secondary N) is 1. The molecule has 1 saturated carbocycles. The minimum absolute atomic E-state index is 0.0264. The van der Waals surface area contributed by atoms with E-state index in [-0.39, 0.29) is 5.91 Å². The largest absolute Gasteiger partial charge is 0.353 e. The van der Waals surface area contributed by atoms with Crippen molar-refractivity contribution >= 4 is 15.9 Å². The summed E-state index contributed by atoms with van der Waals surface area (Å²) in [6.45, 7) is 1.21. The van der Waals surface area contributed by atoms with Gasteiger partial charge in [-0.05, 0) is 43.4 Å². The van der Waals surface area contributed by atoms with Crippen LogP contribution < -0.4 is 5.32 Å². The van der Waals surface area contributed by atoms with Crippen molar-refractivity contribution in [3.63, 3.8) is 0 Å². The number of benzene rings is 1. The molecule has 1 heterocycles. The zero-order valence-electron chi connectivity index (χ0n) is 14.7.